The van der Waals surface area contributed by atoms with Crippen LogP contribution >= 0.6 is 11.3 Å². The van der Waals surface area contributed by atoms with Gasteiger partial charge >= 0.3 is 0 Å². The van der Waals surface area contributed by atoms with E-state index in [0.29, 0.717) is 10.8 Å². The Labute approximate surface area is 166 Å². The van der Waals surface area contributed by atoms with Crippen molar-refractivity contribution in [1.29, 1.82) is 0 Å². The van der Waals surface area contributed by atoms with Crippen LogP contribution in [0, 0.1) is 0 Å². The summed E-state index contributed by atoms with van der Waals surface area (Å²) in [6, 6.07) is 14.4. The van der Waals surface area contributed by atoms with E-state index >= 15 is 0 Å². The van der Waals surface area contributed by atoms with E-state index in [4.69, 9.17) is 5.73 Å². The number of fused-ring (bicyclic) bond motifs is 2. The van der Waals surface area contributed by atoms with Crippen LogP contribution in [0.25, 0.3) is 21.1 Å². The molecule has 2 N–H and O–H groups in total. The van der Waals surface area contributed by atoms with Gasteiger partial charge in [-0.3, -0.25) is 14.7 Å². The first-order valence-electron chi connectivity index (χ1n) is 9.43. The lowest BCUT2D eigenvalue weighted by atomic mass is 9.95. The molecule has 0 aliphatic carbocycles. The zero-order chi connectivity index (χ0) is 19.1. The van der Waals surface area contributed by atoms with E-state index in [1.54, 1.807) is 6.20 Å². The molecule has 5 nitrogen and oxygen atoms in total. The number of pyridine rings is 2. The highest BCUT2D eigenvalue weighted by Crippen LogP contribution is 2.39. The van der Waals surface area contributed by atoms with Gasteiger partial charge in [-0.15, -0.1) is 11.3 Å². The van der Waals surface area contributed by atoms with Crippen molar-refractivity contribution >= 4 is 38.4 Å². The smallest absolute Gasteiger partial charge is 0.259 e. The molecule has 1 aromatic carbocycles. The lowest BCUT2D eigenvalue weighted by Gasteiger charge is -2.17. The molecule has 0 bridgehead atoms. The van der Waals surface area contributed by atoms with E-state index in [1.807, 2.05) is 18.3 Å². The summed E-state index contributed by atoms with van der Waals surface area (Å²) in [6.07, 6.45) is 4.63. The zero-order valence-corrected chi connectivity index (χ0v) is 16.2. The number of nitrogens with two attached hydrogens (primary N) is 1. The number of aromatic nitrogens is 2. The van der Waals surface area contributed by atoms with Gasteiger partial charge < -0.3 is 5.73 Å². The molecule has 0 radical (unpaired) electrons. The number of carbonyl (C=O) groups excluding carboxylic acids is 1. The maximum absolute atomic E-state index is 12.1. The highest BCUT2D eigenvalue weighted by Gasteiger charge is 2.30. The molecule has 6 heteroatoms. The molecular weight excluding hydrogens is 368 g/mol. The van der Waals surface area contributed by atoms with Crippen LogP contribution < -0.4 is 5.73 Å². The first kappa shape index (κ1) is 17.3. The minimum Gasteiger partial charge on any atom is -0.365 e. The predicted molar refractivity (Wildman–Crippen MR) is 113 cm³/mol. The van der Waals surface area contributed by atoms with Crippen molar-refractivity contribution in [3.05, 3.63) is 70.9 Å². The van der Waals surface area contributed by atoms with Crippen LogP contribution in [-0.2, 0) is 6.54 Å². The minimum atomic E-state index is -0.352. The molecule has 1 atom stereocenters. The standard InChI is InChI=1S/C22H20N4OS/c23-21(27)20-18(17-7-3-10-25-22(17)28-20)15-8-11-26(12-15)13-16-5-1-4-14-6-2-9-24-19(14)16/h1-7,9-10,15H,8,11-13H2,(H2,23,27)/t15-/m1/s1. The van der Waals surface area contributed by atoms with Gasteiger partial charge in [0.15, 0.2) is 0 Å². The molecule has 140 valence electrons. The van der Waals surface area contributed by atoms with Gasteiger partial charge in [0.2, 0.25) is 0 Å². The topological polar surface area (TPSA) is 72.1 Å². The maximum Gasteiger partial charge on any atom is 0.259 e. The van der Waals surface area contributed by atoms with Crippen molar-refractivity contribution in [3.8, 4) is 0 Å². The van der Waals surface area contributed by atoms with Crippen LogP contribution in [0.5, 0.6) is 0 Å². The third kappa shape index (κ3) is 2.95. The van der Waals surface area contributed by atoms with Gasteiger partial charge in [0.1, 0.15) is 4.83 Å². The lowest BCUT2D eigenvalue weighted by Crippen LogP contribution is -2.20. The van der Waals surface area contributed by atoms with Gasteiger partial charge in [-0.25, -0.2) is 4.98 Å². The van der Waals surface area contributed by atoms with Crippen molar-refractivity contribution in [3.63, 3.8) is 0 Å². The largest absolute Gasteiger partial charge is 0.365 e. The average molecular weight is 388 g/mol. The summed E-state index contributed by atoms with van der Waals surface area (Å²) in [4.78, 5) is 25.0. The molecule has 1 fully saturated rings. The Hall–Kier alpha value is -2.83. The van der Waals surface area contributed by atoms with Gasteiger partial charge in [0.25, 0.3) is 5.91 Å². The number of hydrogen-bond acceptors (Lipinski definition) is 5. The second kappa shape index (κ2) is 6.96. The number of amides is 1. The van der Waals surface area contributed by atoms with Crippen LogP contribution in [0.3, 0.4) is 0 Å². The van der Waals surface area contributed by atoms with E-state index in [9.17, 15) is 4.79 Å². The average Bonchev–Trinajstić information content (AvgIpc) is 3.32. The summed E-state index contributed by atoms with van der Waals surface area (Å²) < 4.78 is 0. The fraction of sp³-hybridized carbons (Fsp3) is 0.227. The first-order valence-corrected chi connectivity index (χ1v) is 10.2. The minimum absolute atomic E-state index is 0.295. The van der Waals surface area contributed by atoms with E-state index in [0.717, 1.165) is 47.4 Å². The van der Waals surface area contributed by atoms with Gasteiger partial charge in [-0.1, -0.05) is 30.3 Å². The zero-order valence-electron chi connectivity index (χ0n) is 15.3. The number of thiophene rings is 1. The van der Waals surface area contributed by atoms with E-state index in [2.05, 4.69) is 45.2 Å². The maximum atomic E-state index is 12.1. The molecule has 0 saturated carbocycles. The number of nitrogens with zero attached hydrogens (tertiary/aromatic N) is 3. The molecule has 5 rings (SSSR count). The Morgan fingerprint density at radius 3 is 2.86 bits per heavy atom. The molecule has 3 aromatic heterocycles. The molecule has 1 amide bonds. The Morgan fingerprint density at radius 2 is 1.96 bits per heavy atom. The van der Waals surface area contributed by atoms with Crippen molar-refractivity contribution in [1.82, 2.24) is 14.9 Å². The normalized spacial score (nSPS) is 17.5. The number of benzene rings is 1. The number of carbonyl (C=O) groups is 1. The highest BCUT2D eigenvalue weighted by molar-refractivity contribution is 7.20. The summed E-state index contributed by atoms with van der Waals surface area (Å²) in [6.45, 7) is 2.75. The Morgan fingerprint density at radius 1 is 1.14 bits per heavy atom. The van der Waals surface area contributed by atoms with Crippen molar-refractivity contribution in [2.75, 3.05) is 13.1 Å². The second-order valence-corrected chi connectivity index (χ2v) is 8.28. The number of hydrogen-bond donors (Lipinski definition) is 1. The molecule has 4 aromatic rings. The van der Waals surface area contributed by atoms with Crippen LogP contribution in [0.2, 0.25) is 0 Å². The number of para-hydroxylation sites is 1. The van der Waals surface area contributed by atoms with Crippen molar-refractivity contribution in [2.45, 2.75) is 18.9 Å². The predicted octanol–water partition coefficient (Wildman–Crippen LogP) is 3.93. The van der Waals surface area contributed by atoms with Crippen LogP contribution in [0.4, 0.5) is 0 Å². The summed E-state index contributed by atoms with van der Waals surface area (Å²) in [5.41, 5.74) is 9.08. The number of rotatable bonds is 4. The molecule has 1 aliphatic heterocycles. The molecular formula is C22H20N4OS. The fourth-order valence-electron chi connectivity index (χ4n) is 4.29. The summed E-state index contributed by atoms with van der Waals surface area (Å²) in [5, 5.41) is 2.24. The quantitative estimate of drug-likeness (QED) is 0.575. The van der Waals surface area contributed by atoms with Gasteiger partial charge in [0.05, 0.1) is 10.4 Å². The third-order valence-electron chi connectivity index (χ3n) is 5.52. The van der Waals surface area contributed by atoms with Gasteiger partial charge in [-0.2, -0.15) is 0 Å². The Balaban J connectivity index is 1.44. The molecule has 0 spiro atoms. The van der Waals surface area contributed by atoms with Crippen LogP contribution in [0.15, 0.2) is 54.9 Å². The monoisotopic (exact) mass is 388 g/mol. The Bertz CT molecular complexity index is 1180. The molecule has 0 unspecified atom stereocenters. The molecule has 4 heterocycles. The third-order valence-corrected chi connectivity index (χ3v) is 6.66. The van der Waals surface area contributed by atoms with E-state index in [1.165, 1.54) is 22.3 Å². The number of primary amides is 1. The van der Waals surface area contributed by atoms with E-state index in [-0.39, 0.29) is 5.91 Å². The molecule has 1 aliphatic rings. The highest BCUT2D eigenvalue weighted by atomic mass is 32.1. The molecule has 28 heavy (non-hydrogen) atoms. The SMILES string of the molecule is NC(=O)c1sc2ncccc2c1[C@@H]1CCN(Cc2cccc3cccnc23)C1. The van der Waals surface area contributed by atoms with Gasteiger partial charge in [-0.05, 0) is 36.2 Å². The summed E-state index contributed by atoms with van der Waals surface area (Å²) >= 11 is 1.41. The second-order valence-electron chi connectivity index (χ2n) is 7.28. The first-order chi connectivity index (χ1) is 13.7. The fourth-order valence-corrected chi connectivity index (χ4v) is 5.37. The summed E-state index contributed by atoms with van der Waals surface area (Å²) in [7, 11) is 0. The van der Waals surface area contributed by atoms with E-state index < -0.39 is 0 Å². The van der Waals surface area contributed by atoms with Gasteiger partial charge in [0, 0.05) is 42.2 Å². The lowest BCUT2D eigenvalue weighted by molar-refractivity contribution is 0.100. The summed E-state index contributed by atoms with van der Waals surface area (Å²) in [5.74, 6) is -0.0573. The van der Waals surface area contributed by atoms with Crippen LogP contribution in [-0.4, -0.2) is 33.9 Å². The van der Waals surface area contributed by atoms with Crippen molar-refractivity contribution in [2.24, 2.45) is 5.73 Å². The number of likely N-dealkylation sites (tertiary alicyclic amines) is 1. The van der Waals surface area contributed by atoms with Crippen molar-refractivity contribution < 1.29 is 4.79 Å². The molecule has 1 saturated heterocycles. The Kier molecular flexibility index (Phi) is 4.30. The van der Waals surface area contributed by atoms with Crippen LogP contribution in [0.1, 0.15) is 33.1 Å².